The molecule has 2 heterocycles. The Morgan fingerprint density at radius 3 is 2.57 bits per heavy atom. The number of benzene rings is 2. The lowest BCUT2D eigenvalue weighted by atomic mass is 10.2. The quantitative estimate of drug-likeness (QED) is 0.584. The highest BCUT2D eigenvalue weighted by atomic mass is 32.2. The number of aromatic nitrogens is 3. The summed E-state index contributed by atoms with van der Waals surface area (Å²) in [4.78, 5) is 24.0. The molecule has 0 saturated carbocycles. The standard InChI is InChI=1S/C18H13N3OS/c22-17-18(21-16-8-4-3-7-15(16)20-17)23-11-13-10-9-12-5-1-2-6-14(12)19-13/h1-10H,11H2,(H,20,22). The van der Waals surface area contributed by atoms with Crippen molar-refractivity contribution in [1.82, 2.24) is 15.0 Å². The number of para-hydroxylation sites is 3. The number of thioether (sulfide) groups is 1. The van der Waals surface area contributed by atoms with E-state index < -0.39 is 0 Å². The van der Waals surface area contributed by atoms with Crippen LogP contribution < -0.4 is 5.56 Å². The van der Waals surface area contributed by atoms with Gasteiger partial charge in [0, 0.05) is 11.1 Å². The zero-order valence-electron chi connectivity index (χ0n) is 12.2. The Bertz CT molecular complexity index is 1060. The number of aromatic amines is 1. The van der Waals surface area contributed by atoms with Crippen LogP contribution in [0.15, 0.2) is 70.5 Å². The van der Waals surface area contributed by atoms with Crippen LogP contribution in [0.4, 0.5) is 0 Å². The molecule has 0 spiro atoms. The predicted molar refractivity (Wildman–Crippen MR) is 93.7 cm³/mol. The van der Waals surface area contributed by atoms with Gasteiger partial charge in [0.2, 0.25) is 0 Å². The second-order valence-electron chi connectivity index (χ2n) is 5.17. The second kappa shape index (κ2) is 5.85. The van der Waals surface area contributed by atoms with Crippen LogP contribution in [0, 0.1) is 0 Å². The Labute approximate surface area is 136 Å². The summed E-state index contributed by atoms with van der Waals surface area (Å²) >= 11 is 1.41. The molecule has 0 bridgehead atoms. The molecule has 4 aromatic rings. The molecule has 4 nitrogen and oxygen atoms in total. The van der Waals surface area contributed by atoms with Gasteiger partial charge in [0.15, 0.2) is 5.03 Å². The molecule has 23 heavy (non-hydrogen) atoms. The minimum atomic E-state index is -0.158. The third-order valence-electron chi connectivity index (χ3n) is 3.58. The third-order valence-corrected chi connectivity index (χ3v) is 4.57. The average Bonchev–Trinajstić information content (AvgIpc) is 2.59. The zero-order chi connectivity index (χ0) is 15.6. The molecule has 0 radical (unpaired) electrons. The summed E-state index contributed by atoms with van der Waals surface area (Å²) in [6, 6.07) is 19.6. The predicted octanol–water partition coefficient (Wildman–Crippen LogP) is 3.76. The number of rotatable bonds is 3. The van der Waals surface area contributed by atoms with Gasteiger partial charge in [-0.05, 0) is 24.3 Å². The first kappa shape index (κ1) is 14.0. The summed E-state index contributed by atoms with van der Waals surface area (Å²) in [5.41, 5.74) is 3.29. The minimum Gasteiger partial charge on any atom is -0.318 e. The fourth-order valence-electron chi connectivity index (χ4n) is 2.44. The molecule has 0 fully saturated rings. The van der Waals surface area contributed by atoms with Gasteiger partial charge in [0.05, 0.1) is 22.2 Å². The van der Waals surface area contributed by atoms with E-state index in [-0.39, 0.29) is 5.56 Å². The van der Waals surface area contributed by atoms with Gasteiger partial charge in [-0.1, -0.05) is 48.2 Å². The largest absolute Gasteiger partial charge is 0.318 e. The van der Waals surface area contributed by atoms with E-state index in [1.165, 1.54) is 11.8 Å². The summed E-state index contributed by atoms with van der Waals surface area (Å²) in [7, 11) is 0. The first-order chi connectivity index (χ1) is 11.3. The van der Waals surface area contributed by atoms with Crippen molar-refractivity contribution in [3.8, 4) is 0 Å². The van der Waals surface area contributed by atoms with Crippen LogP contribution >= 0.6 is 11.8 Å². The topological polar surface area (TPSA) is 58.6 Å². The van der Waals surface area contributed by atoms with Crippen molar-refractivity contribution in [2.75, 3.05) is 0 Å². The van der Waals surface area contributed by atoms with E-state index in [2.05, 4.69) is 21.0 Å². The molecule has 112 valence electrons. The summed E-state index contributed by atoms with van der Waals surface area (Å²) < 4.78 is 0. The van der Waals surface area contributed by atoms with Gasteiger partial charge in [0.25, 0.3) is 5.56 Å². The molecule has 4 rings (SSSR count). The maximum absolute atomic E-state index is 12.1. The summed E-state index contributed by atoms with van der Waals surface area (Å²) in [6.07, 6.45) is 0. The second-order valence-corrected chi connectivity index (χ2v) is 6.14. The van der Waals surface area contributed by atoms with Gasteiger partial charge in [-0.2, -0.15) is 0 Å². The highest BCUT2D eigenvalue weighted by Gasteiger charge is 2.06. The van der Waals surface area contributed by atoms with E-state index >= 15 is 0 Å². The Balaban J connectivity index is 1.62. The van der Waals surface area contributed by atoms with Gasteiger partial charge in [-0.3, -0.25) is 9.78 Å². The molecule has 0 amide bonds. The SMILES string of the molecule is O=c1[nH]c2ccccc2nc1SCc1ccc2ccccc2n1. The zero-order valence-corrected chi connectivity index (χ0v) is 13.0. The summed E-state index contributed by atoms with van der Waals surface area (Å²) in [6.45, 7) is 0. The van der Waals surface area contributed by atoms with Crippen LogP contribution in [-0.4, -0.2) is 15.0 Å². The summed E-state index contributed by atoms with van der Waals surface area (Å²) in [5.74, 6) is 0.610. The van der Waals surface area contributed by atoms with Gasteiger partial charge >= 0.3 is 0 Å². The van der Waals surface area contributed by atoms with Crippen molar-refractivity contribution < 1.29 is 0 Å². The normalized spacial score (nSPS) is 11.1. The molecule has 1 N–H and O–H groups in total. The molecule has 0 atom stereocenters. The Kier molecular flexibility index (Phi) is 3.55. The Morgan fingerprint density at radius 2 is 1.65 bits per heavy atom. The lowest BCUT2D eigenvalue weighted by Gasteiger charge is -2.04. The van der Waals surface area contributed by atoms with Crippen LogP contribution in [0.1, 0.15) is 5.69 Å². The molecule has 0 aliphatic rings. The molecule has 0 saturated heterocycles. The number of hydrogen-bond donors (Lipinski definition) is 1. The van der Waals surface area contributed by atoms with Crippen LogP contribution in [-0.2, 0) is 5.75 Å². The van der Waals surface area contributed by atoms with Crippen LogP contribution in [0.25, 0.3) is 21.9 Å². The molecule has 2 aromatic heterocycles. The minimum absolute atomic E-state index is 0.158. The first-order valence-corrected chi connectivity index (χ1v) is 8.25. The van der Waals surface area contributed by atoms with Crippen LogP contribution in [0.3, 0.4) is 0 Å². The van der Waals surface area contributed by atoms with Crippen molar-refractivity contribution in [1.29, 1.82) is 0 Å². The van der Waals surface area contributed by atoms with Crippen molar-refractivity contribution in [2.45, 2.75) is 10.8 Å². The maximum Gasteiger partial charge on any atom is 0.280 e. The smallest absolute Gasteiger partial charge is 0.280 e. The van der Waals surface area contributed by atoms with Crippen molar-refractivity contribution in [2.24, 2.45) is 0 Å². The number of nitrogens with zero attached hydrogens (tertiary/aromatic N) is 2. The van der Waals surface area contributed by atoms with Crippen LogP contribution in [0.5, 0.6) is 0 Å². The molecule has 0 unspecified atom stereocenters. The molecular formula is C18H13N3OS. The number of pyridine rings is 1. The van der Waals surface area contributed by atoms with E-state index in [0.717, 1.165) is 27.6 Å². The number of nitrogens with one attached hydrogen (secondary N) is 1. The van der Waals surface area contributed by atoms with Gasteiger partial charge < -0.3 is 4.98 Å². The van der Waals surface area contributed by atoms with E-state index in [0.29, 0.717) is 10.8 Å². The van der Waals surface area contributed by atoms with E-state index in [4.69, 9.17) is 0 Å². The van der Waals surface area contributed by atoms with E-state index in [9.17, 15) is 4.79 Å². The fourth-order valence-corrected chi connectivity index (χ4v) is 3.23. The number of H-pyrrole nitrogens is 1. The summed E-state index contributed by atoms with van der Waals surface area (Å²) in [5, 5.41) is 1.58. The molecular weight excluding hydrogens is 306 g/mol. The third kappa shape index (κ3) is 2.83. The Hall–Kier alpha value is -2.66. The van der Waals surface area contributed by atoms with E-state index in [1.54, 1.807) is 0 Å². The molecule has 0 aliphatic carbocycles. The highest BCUT2D eigenvalue weighted by Crippen LogP contribution is 2.20. The van der Waals surface area contributed by atoms with E-state index in [1.807, 2.05) is 54.6 Å². The number of hydrogen-bond acceptors (Lipinski definition) is 4. The lowest BCUT2D eigenvalue weighted by Crippen LogP contribution is -2.10. The van der Waals surface area contributed by atoms with Gasteiger partial charge in [0.1, 0.15) is 0 Å². The molecule has 2 aromatic carbocycles. The first-order valence-electron chi connectivity index (χ1n) is 7.26. The Morgan fingerprint density at radius 1 is 0.870 bits per heavy atom. The van der Waals surface area contributed by atoms with Crippen molar-refractivity contribution in [3.63, 3.8) is 0 Å². The van der Waals surface area contributed by atoms with Crippen LogP contribution in [0.2, 0.25) is 0 Å². The average molecular weight is 319 g/mol. The molecule has 0 aliphatic heterocycles. The van der Waals surface area contributed by atoms with Crippen molar-refractivity contribution >= 4 is 33.7 Å². The molecule has 5 heteroatoms. The lowest BCUT2D eigenvalue weighted by molar-refractivity contribution is 1.05. The van der Waals surface area contributed by atoms with Gasteiger partial charge in [-0.25, -0.2) is 4.98 Å². The number of fused-ring (bicyclic) bond motifs is 2. The monoisotopic (exact) mass is 319 g/mol. The van der Waals surface area contributed by atoms with Crippen molar-refractivity contribution in [3.05, 3.63) is 76.7 Å². The fraction of sp³-hybridized carbons (Fsp3) is 0.0556. The maximum atomic E-state index is 12.1. The van der Waals surface area contributed by atoms with Gasteiger partial charge in [-0.15, -0.1) is 0 Å². The highest BCUT2D eigenvalue weighted by molar-refractivity contribution is 7.98.